The first kappa shape index (κ1) is 8.65. The summed E-state index contributed by atoms with van der Waals surface area (Å²) in [7, 11) is 0. The fourth-order valence-corrected chi connectivity index (χ4v) is 1.52. The lowest BCUT2D eigenvalue weighted by atomic mass is 10.1. The van der Waals surface area contributed by atoms with E-state index in [1.54, 1.807) is 12.1 Å². The molecule has 5 heteroatoms. The van der Waals surface area contributed by atoms with Crippen LogP contribution < -0.4 is 0 Å². The summed E-state index contributed by atoms with van der Waals surface area (Å²) in [5, 5.41) is 10.6. The van der Waals surface area contributed by atoms with Gasteiger partial charge in [-0.05, 0) is 12.1 Å². The lowest BCUT2D eigenvalue weighted by Crippen LogP contribution is -1.94. The van der Waals surface area contributed by atoms with Gasteiger partial charge in [0.1, 0.15) is 6.10 Å². The van der Waals surface area contributed by atoms with Gasteiger partial charge in [0.2, 0.25) is 0 Å². The lowest BCUT2D eigenvalue weighted by molar-refractivity contribution is -0.385. The molecular formula is C8H6BrNO3. The molecule has 4 nitrogen and oxygen atoms in total. The van der Waals surface area contributed by atoms with Gasteiger partial charge in [0.25, 0.3) is 5.69 Å². The van der Waals surface area contributed by atoms with Crippen LogP contribution in [0.1, 0.15) is 11.7 Å². The highest BCUT2D eigenvalue weighted by Gasteiger charge is 2.31. The van der Waals surface area contributed by atoms with Gasteiger partial charge in [-0.25, -0.2) is 0 Å². The molecule has 0 N–H and O–H groups in total. The maximum absolute atomic E-state index is 10.6. The number of nitrogens with zero attached hydrogens (tertiary/aromatic N) is 1. The maximum Gasteiger partial charge on any atom is 0.276 e. The van der Waals surface area contributed by atoms with Crippen molar-refractivity contribution in [2.45, 2.75) is 6.10 Å². The molecule has 1 saturated heterocycles. The largest absolute Gasteiger partial charge is 0.368 e. The zero-order valence-electron chi connectivity index (χ0n) is 6.57. The van der Waals surface area contributed by atoms with Crippen molar-refractivity contribution in [2.75, 3.05) is 6.61 Å². The summed E-state index contributed by atoms with van der Waals surface area (Å²) in [6, 6.07) is 5.00. The van der Waals surface area contributed by atoms with Crippen LogP contribution in [-0.2, 0) is 4.74 Å². The predicted octanol–water partition coefficient (Wildman–Crippen LogP) is 2.43. The average molecular weight is 244 g/mol. The minimum absolute atomic E-state index is 0.0755. The van der Waals surface area contributed by atoms with Gasteiger partial charge in [-0.1, -0.05) is 15.9 Å². The molecule has 1 heterocycles. The molecule has 1 fully saturated rings. The Kier molecular flexibility index (Phi) is 2.05. The van der Waals surface area contributed by atoms with Crippen molar-refractivity contribution in [1.29, 1.82) is 0 Å². The molecule has 1 aliphatic heterocycles. The van der Waals surface area contributed by atoms with Crippen LogP contribution in [0.5, 0.6) is 0 Å². The smallest absolute Gasteiger partial charge is 0.276 e. The third-order valence-electron chi connectivity index (χ3n) is 1.87. The number of epoxide rings is 1. The summed E-state index contributed by atoms with van der Waals surface area (Å²) in [4.78, 5) is 10.2. The van der Waals surface area contributed by atoms with Gasteiger partial charge in [-0.3, -0.25) is 10.1 Å². The van der Waals surface area contributed by atoms with Crippen molar-refractivity contribution in [2.24, 2.45) is 0 Å². The molecule has 1 aromatic rings. The normalized spacial score (nSPS) is 19.9. The van der Waals surface area contributed by atoms with Crippen molar-refractivity contribution in [3.8, 4) is 0 Å². The van der Waals surface area contributed by atoms with Crippen LogP contribution in [0.25, 0.3) is 0 Å². The molecule has 0 saturated carbocycles. The first-order valence-electron chi connectivity index (χ1n) is 3.74. The molecule has 1 unspecified atom stereocenters. The molecule has 0 radical (unpaired) electrons. The third-order valence-corrected chi connectivity index (χ3v) is 2.36. The SMILES string of the molecule is O=[N+]([O-])c1cc(Br)ccc1C1CO1. The Labute approximate surface area is 82.8 Å². The fraction of sp³-hybridized carbons (Fsp3) is 0.250. The van der Waals surface area contributed by atoms with Gasteiger partial charge in [-0.15, -0.1) is 0 Å². The van der Waals surface area contributed by atoms with Crippen molar-refractivity contribution in [1.82, 2.24) is 0 Å². The molecular weight excluding hydrogens is 238 g/mol. The topological polar surface area (TPSA) is 55.7 Å². The van der Waals surface area contributed by atoms with Crippen LogP contribution in [0.4, 0.5) is 5.69 Å². The van der Waals surface area contributed by atoms with Gasteiger partial charge in [0, 0.05) is 10.5 Å². The minimum atomic E-state index is -0.387. The van der Waals surface area contributed by atoms with Gasteiger partial charge in [-0.2, -0.15) is 0 Å². The highest BCUT2D eigenvalue weighted by atomic mass is 79.9. The number of benzene rings is 1. The monoisotopic (exact) mass is 243 g/mol. The lowest BCUT2D eigenvalue weighted by Gasteiger charge is -1.98. The molecule has 0 bridgehead atoms. The Bertz CT molecular complexity index is 362. The average Bonchev–Trinajstić information content (AvgIpc) is 2.87. The van der Waals surface area contributed by atoms with E-state index >= 15 is 0 Å². The molecule has 0 aromatic heterocycles. The van der Waals surface area contributed by atoms with Gasteiger partial charge >= 0.3 is 0 Å². The van der Waals surface area contributed by atoms with Crippen molar-refractivity contribution in [3.05, 3.63) is 38.3 Å². The third kappa shape index (κ3) is 1.71. The summed E-state index contributed by atoms with van der Waals surface area (Å²) in [5.41, 5.74) is 0.782. The Morgan fingerprint density at radius 1 is 1.62 bits per heavy atom. The summed E-state index contributed by atoms with van der Waals surface area (Å²) in [6.45, 7) is 0.586. The van der Waals surface area contributed by atoms with Crippen LogP contribution in [-0.4, -0.2) is 11.5 Å². The molecule has 1 aliphatic rings. The maximum atomic E-state index is 10.6. The number of ether oxygens (including phenoxy) is 1. The van der Waals surface area contributed by atoms with Gasteiger partial charge in [0.15, 0.2) is 0 Å². The number of nitro groups is 1. The highest BCUT2D eigenvalue weighted by Crippen LogP contribution is 2.37. The van der Waals surface area contributed by atoms with E-state index in [0.29, 0.717) is 16.6 Å². The quantitative estimate of drug-likeness (QED) is 0.456. The second-order valence-corrected chi connectivity index (χ2v) is 3.70. The number of hydrogen-bond acceptors (Lipinski definition) is 3. The van der Waals surface area contributed by atoms with E-state index in [9.17, 15) is 10.1 Å². The van der Waals surface area contributed by atoms with Crippen LogP contribution in [0, 0.1) is 10.1 Å². The van der Waals surface area contributed by atoms with E-state index in [1.165, 1.54) is 6.07 Å². The first-order chi connectivity index (χ1) is 6.18. The van der Waals surface area contributed by atoms with Crippen molar-refractivity contribution < 1.29 is 9.66 Å². The number of halogens is 1. The molecule has 1 atom stereocenters. The molecule has 2 rings (SSSR count). The number of hydrogen-bond donors (Lipinski definition) is 0. The highest BCUT2D eigenvalue weighted by molar-refractivity contribution is 9.10. The molecule has 13 heavy (non-hydrogen) atoms. The number of nitro benzene ring substituents is 1. The summed E-state index contributed by atoms with van der Waals surface area (Å²) >= 11 is 3.19. The Morgan fingerprint density at radius 2 is 2.31 bits per heavy atom. The first-order valence-corrected chi connectivity index (χ1v) is 4.53. The zero-order valence-corrected chi connectivity index (χ0v) is 8.15. The minimum Gasteiger partial charge on any atom is -0.368 e. The summed E-state index contributed by atoms with van der Waals surface area (Å²) in [5.74, 6) is 0. The Hall–Kier alpha value is -0.940. The zero-order chi connectivity index (χ0) is 9.42. The van der Waals surface area contributed by atoms with Gasteiger partial charge in [0.05, 0.1) is 17.1 Å². The van der Waals surface area contributed by atoms with E-state index in [4.69, 9.17) is 4.74 Å². The molecule has 0 spiro atoms. The van der Waals surface area contributed by atoms with Crippen LogP contribution in [0.2, 0.25) is 0 Å². The van der Waals surface area contributed by atoms with Crippen LogP contribution >= 0.6 is 15.9 Å². The van der Waals surface area contributed by atoms with Crippen LogP contribution in [0.3, 0.4) is 0 Å². The van der Waals surface area contributed by atoms with E-state index in [1.807, 2.05) is 0 Å². The van der Waals surface area contributed by atoms with Crippen LogP contribution in [0.15, 0.2) is 22.7 Å². The second-order valence-electron chi connectivity index (χ2n) is 2.78. The van der Waals surface area contributed by atoms with E-state index < -0.39 is 0 Å². The van der Waals surface area contributed by atoms with Crippen molar-refractivity contribution >= 4 is 21.6 Å². The van der Waals surface area contributed by atoms with E-state index in [2.05, 4.69) is 15.9 Å². The van der Waals surface area contributed by atoms with Crippen molar-refractivity contribution in [3.63, 3.8) is 0 Å². The van der Waals surface area contributed by atoms with E-state index in [-0.39, 0.29) is 16.7 Å². The molecule has 0 aliphatic carbocycles. The molecule has 1 aromatic carbocycles. The Morgan fingerprint density at radius 3 is 2.85 bits per heavy atom. The summed E-state index contributed by atoms with van der Waals surface area (Å²) in [6.07, 6.45) is -0.0755. The molecule has 68 valence electrons. The Balaban J connectivity index is 2.47. The predicted molar refractivity (Wildman–Crippen MR) is 49.5 cm³/mol. The van der Waals surface area contributed by atoms with E-state index in [0.717, 1.165) is 0 Å². The summed E-state index contributed by atoms with van der Waals surface area (Å²) < 4.78 is 5.72. The number of rotatable bonds is 2. The second kappa shape index (κ2) is 3.08. The van der Waals surface area contributed by atoms with Gasteiger partial charge < -0.3 is 4.74 Å². The fourth-order valence-electron chi connectivity index (χ4n) is 1.17. The molecule has 0 amide bonds. The standard InChI is InChI=1S/C8H6BrNO3/c9-5-1-2-6(8-4-13-8)7(3-5)10(11)12/h1-3,8H,4H2.